The lowest BCUT2D eigenvalue weighted by atomic mass is 10.1. The number of benzene rings is 1. The van der Waals surface area contributed by atoms with Crippen LogP contribution in [0.4, 0.5) is 0 Å². The molecule has 2 rings (SSSR count). The maximum absolute atomic E-state index is 12.5. The average molecular weight is 427 g/mol. The van der Waals surface area contributed by atoms with Gasteiger partial charge in [-0.05, 0) is 30.2 Å². The molecule has 0 saturated carbocycles. The second-order valence-corrected chi connectivity index (χ2v) is 7.31. The maximum atomic E-state index is 12.5. The predicted octanol–water partition coefficient (Wildman–Crippen LogP) is 3.41. The molecule has 8 heteroatoms. The lowest BCUT2D eigenvalue weighted by Crippen LogP contribution is -2.46. The molecule has 0 spiro atoms. The highest BCUT2D eigenvalue weighted by Crippen LogP contribution is 2.23. The second kappa shape index (κ2) is 10.5. The third kappa shape index (κ3) is 5.72. The molecule has 1 aromatic carbocycles. The fourth-order valence-electron chi connectivity index (χ4n) is 3.09. The van der Waals surface area contributed by atoms with Gasteiger partial charge in [0.15, 0.2) is 0 Å². The first-order valence-electron chi connectivity index (χ1n) is 9.16. The van der Waals surface area contributed by atoms with E-state index in [1.807, 2.05) is 6.92 Å². The molecule has 0 bridgehead atoms. The van der Waals surface area contributed by atoms with Gasteiger partial charge >= 0.3 is 5.97 Å². The van der Waals surface area contributed by atoms with E-state index in [4.69, 9.17) is 27.9 Å². The number of nitrogens with zero attached hydrogens (tertiary/aromatic N) is 2. The Kier molecular flexibility index (Phi) is 8.33. The van der Waals surface area contributed by atoms with Gasteiger partial charge in [0, 0.05) is 32.1 Å². The normalized spacial score (nSPS) is 16.2. The number of halogens is 2. The van der Waals surface area contributed by atoms with Crippen LogP contribution < -0.4 is 0 Å². The summed E-state index contributed by atoms with van der Waals surface area (Å²) in [4.78, 5) is 40.2. The van der Waals surface area contributed by atoms with E-state index in [0.717, 1.165) is 12.0 Å². The SMILES string of the molecule is CCCC(C(=O)OC)N1CCN(C(=O)/C=C/c2ccc(Cl)c(Cl)c2)CCC1=O. The van der Waals surface area contributed by atoms with Gasteiger partial charge in [0.05, 0.1) is 17.2 Å². The summed E-state index contributed by atoms with van der Waals surface area (Å²) in [5, 5.41) is 0.862. The van der Waals surface area contributed by atoms with Crippen LogP contribution in [0.3, 0.4) is 0 Å². The molecule has 152 valence electrons. The molecule has 1 aliphatic rings. The molecule has 6 nitrogen and oxygen atoms in total. The Morgan fingerprint density at radius 3 is 2.61 bits per heavy atom. The average Bonchev–Trinajstić information content (AvgIpc) is 2.88. The summed E-state index contributed by atoms with van der Waals surface area (Å²) >= 11 is 11.9. The van der Waals surface area contributed by atoms with E-state index in [0.29, 0.717) is 36.1 Å². The molecule has 0 aliphatic carbocycles. The first-order chi connectivity index (χ1) is 13.4. The van der Waals surface area contributed by atoms with Crippen molar-refractivity contribution in [3.05, 3.63) is 39.9 Å². The molecule has 1 unspecified atom stereocenters. The molecule has 0 radical (unpaired) electrons. The van der Waals surface area contributed by atoms with Crippen LogP contribution >= 0.6 is 23.2 Å². The summed E-state index contributed by atoms with van der Waals surface area (Å²) in [5.74, 6) is -0.770. The summed E-state index contributed by atoms with van der Waals surface area (Å²) in [5.41, 5.74) is 0.754. The molecular weight excluding hydrogens is 403 g/mol. The minimum atomic E-state index is -0.607. The van der Waals surface area contributed by atoms with Crippen LogP contribution in [-0.4, -0.2) is 60.4 Å². The Morgan fingerprint density at radius 2 is 1.96 bits per heavy atom. The van der Waals surface area contributed by atoms with Crippen LogP contribution in [0.5, 0.6) is 0 Å². The van der Waals surface area contributed by atoms with E-state index in [-0.39, 0.29) is 18.2 Å². The lowest BCUT2D eigenvalue weighted by molar-refractivity contribution is -0.152. The van der Waals surface area contributed by atoms with Crippen molar-refractivity contribution in [2.24, 2.45) is 0 Å². The molecule has 1 heterocycles. The van der Waals surface area contributed by atoms with Crippen molar-refractivity contribution < 1.29 is 19.1 Å². The van der Waals surface area contributed by atoms with Gasteiger partial charge in [-0.3, -0.25) is 9.59 Å². The van der Waals surface area contributed by atoms with Crippen LogP contribution in [-0.2, 0) is 19.1 Å². The molecule has 1 aliphatic heterocycles. The summed E-state index contributed by atoms with van der Waals surface area (Å²) in [6.45, 7) is 2.90. The molecule has 0 N–H and O–H groups in total. The van der Waals surface area contributed by atoms with Gasteiger partial charge in [0.2, 0.25) is 11.8 Å². The van der Waals surface area contributed by atoms with Gasteiger partial charge in [-0.1, -0.05) is 42.6 Å². The van der Waals surface area contributed by atoms with Crippen LogP contribution in [0.1, 0.15) is 31.7 Å². The van der Waals surface area contributed by atoms with E-state index in [1.165, 1.54) is 18.1 Å². The topological polar surface area (TPSA) is 66.9 Å². The first-order valence-corrected chi connectivity index (χ1v) is 9.92. The summed E-state index contributed by atoms with van der Waals surface area (Å²) < 4.78 is 4.84. The summed E-state index contributed by atoms with van der Waals surface area (Å²) in [7, 11) is 1.32. The Bertz CT molecular complexity index is 767. The van der Waals surface area contributed by atoms with Crippen LogP contribution in [0.2, 0.25) is 10.0 Å². The molecular formula is C20H24Cl2N2O4. The van der Waals surface area contributed by atoms with Crippen LogP contribution in [0.15, 0.2) is 24.3 Å². The van der Waals surface area contributed by atoms with Gasteiger partial charge < -0.3 is 14.5 Å². The molecule has 1 aromatic rings. The zero-order chi connectivity index (χ0) is 20.7. The fraction of sp³-hybridized carbons (Fsp3) is 0.450. The monoisotopic (exact) mass is 426 g/mol. The van der Waals surface area contributed by atoms with Gasteiger partial charge in [-0.2, -0.15) is 0 Å². The number of ether oxygens (including phenoxy) is 1. The number of amides is 2. The van der Waals surface area contributed by atoms with Gasteiger partial charge in [0.25, 0.3) is 0 Å². The predicted molar refractivity (Wildman–Crippen MR) is 109 cm³/mol. The molecule has 2 amide bonds. The third-order valence-corrected chi connectivity index (χ3v) is 5.35. The van der Waals surface area contributed by atoms with Crippen LogP contribution in [0, 0.1) is 0 Å². The van der Waals surface area contributed by atoms with E-state index >= 15 is 0 Å². The Morgan fingerprint density at radius 1 is 1.21 bits per heavy atom. The van der Waals surface area contributed by atoms with Gasteiger partial charge in [-0.15, -0.1) is 0 Å². The van der Waals surface area contributed by atoms with E-state index < -0.39 is 12.0 Å². The standard InChI is InChI=1S/C20H24Cl2N2O4/c1-3-4-17(20(27)28-2)24-12-11-23(10-9-19(24)26)18(25)8-6-14-5-7-15(21)16(22)13-14/h5-8,13,17H,3-4,9-12H2,1-2H3/b8-6+. The maximum Gasteiger partial charge on any atom is 0.328 e. The highest BCUT2D eigenvalue weighted by atomic mass is 35.5. The Labute approximate surface area is 175 Å². The molecule has 1 saturated heterocycles. The van der Waals surface area contributed by atoms with Crippen molar-refractivity contribution >= 4 is 47.1 Å². The van der Waals surface area contributed by atoms with Crippen molar-refractivity contribution in [1.82, 2.24) is 9.80 Å². The van der Waals surface area contributed by atoms with Crippen molar-refractivity contribution in [2.75, 3.05) is 26.7 Å². The number of esters is 1. The van der Waals surface area contributed by atoms with E-state index in [2.05, 4.69) is 0 Å². The fourth-order valence-corrected chi connectivity index (χ4v) is 3.40. The Balaban J connectivity index is 2.05. The molecule has 1 fully saturated rings. The highest BCUT2D eigenvalue weighted by molar-refractivity contribution is 6.42. The number of hydrogen-bond acceptors (Lipinski definition) is 4. The largest absolute Gasteiger partial charge is 0.467 e. The van der Waals surface area contributed by atoms with Crippen molar-refractivity contribution in [1.29, 1.82) is 0 Å². The first kappa shape index (κ1) is 22.2. The second-order valence-electron chi connectivity index (χ2n) is 6.50. The third-order valence-electron chi connectivity index (χ3n) is 4.61. The molecule has 0 aromatic heterocycles. The number of carbonyl (C=O) groups is 3. The summed E-state index contributed by atoms with van der Waals surface area (Å²) in [6, 6.07) is 4.49. The number of rotatable bonds is 6. The van der Waals surface area contributed by atoms with Gasteiger partial charge in [-0.25, -0.2) is 4.79 Å². The number of hydrogen-bond donors (Lipinski definition) is 0. The van der Waals surface area contributed by atoms with Crippen molar-refractivity contribution in [3.63, 3.8) is 0 Å². The van der Waals surface area contributed by atoms with Gasteiger partial charge in [0.1, 0.15) is 6.04 Å². The van der Waals surface area contributed by atoms with E-state index in [1.54, 1.807) is 29.2 Å². The number of carbonyl (C=O) groups excluding carboxylic acids is 3. The Hall–Kier alpha value is -2.05. The number of methoxy groups -OCH3 is 1. The highest BCUT2D eigenvalue weighted by Gasteiger charge is 2.32. The molecule has 1 atom stereocenters. The minimum absolute atomic E-state index is 0.146. The van der Waals surface area contributed by atoms with E-state index in [9.17, 15) is 14.4 Å². The smallest absolute Gasteiger partial charge is 0.328 e. The van der Waals surface area contributed by atoms with Crippen molar-refractivity contribution in [2.45, 2.75) is 32.2 Å². The molecule has 28 heavy (non-hydrogen) atoms. The minimum Gasteiger partial charge on any atom is -0.467 e. The van der Waals surface area contributed by atoms with Crippen LogP contribution in [0.25, 0.3) is 6.08 Å². The quantitative estimate of drug-likeness (QED) is 0.516. The summed E-state index contributed by atoms with van der Waals surface area (Å²) in [6.07, 6.45) is 4.55. The zero-order valence-electron chi connectivity index (χ0n) is 16.0. The lowest BCUT2D eigenvalue weighted by Gasteiger charge is -2.28. The van der Waals surface area contributed by atoms with Crippen molar-refractivity contribution in [3.8, 4) is 0 Å². The zero-order valence-corrected chi connectivity index (χ0v) is 17.5.